The van der Waals surface area contributed by atoms with Gasteiger partial charge in [0.15, 0.2) is 0 Å². The van der Waals surface area contributed by atoms with Crippen LogP contribution in [0.15, 0.2) is 48.5 Å². The van der Waals surface area contributed by atoms with E-state index in [1.807, 2.05) is 0 Å². The first-order chi connectivity index (χ1) is 15.0. The number of hydrogen-bond acceptors (Lipinski definition) is 4. The molecule has 0 bridgehead atoms. The summed E-state index contributed by atoms with van der Waals surface area (Å²) in [6, 6.07) is 10.0. The van der Waals surface area contributed by atoms with Crippen LogP contribution in [0.3, 0.4) is 0 Å². The molecule has 3 aromatic rings. The maximum Gasteiger partial charge on any atom is 0.416 e. The van der Waals surface area contributed by atoms with Gasteiger partial charge in [0, 0.05) is 18.4 Å². The molecule has 1 amide bonds. The largest absolute Gasteiger partial charge is 0.416 e. The number of carbonyl (C=O) groups excluding carboxylic acids is 1. The molecule has 1 N–H and O–H groups in total. The highest BCUT2D eigenvalue weighted by Crippen LogP contribution is 2.32. The minimum Gasteiger partial charge on any atom is -0.353 e. The fourth-order valence-corrected chi connectivity index (χ4v) is 3.35. The van der Waals surface area contributed by atoms with Crippen molar-refractivity contribution in [2.45, 2.75) is 44.8 Å². The molecule has 2 aromatic carbocycles. The van der Waals surface area contributed by atoms with Crippen molar-refractivity contribution >= 4 is 5.91 Å². The average Bonchev–Trinajstić information content (AvgIpc) is 3.15. The van der Waals surface area contributed by atoms with Crippen molar-refractivity contribution in [3.05, 3.63) is 76.9 Å². The van der Waals surface area contributed by atoms with Gasteiger partial charge in [0.25, 0.3) is 0 Å². The SMILES string of the molecule is Cc1nnnn1C(Cc1cccc(F)c1)C(=O)NCC(C)(C)c1cccc(C(F)(F)F)c1. The maximum atomic E-state index is 13.6. The first kappa shape index (κ1) is 23.4. The lowest BCUT2D eigenvalue weighted by atomic mass is 9.83. The molecule has 0 aliphatic carbocycles. The Bertz CT molecular complexity index is 1090. The second kappa shape index (κ2) is 9.05. The summed E-state index contributed by atoms with van der Waals surface area (Å²) in [5, 5.41) is 14.1. The third kappa shape index (κ3) is 5.49. The number of halogens is 4. The second-order valence-corrected chi connectivity index (χ2v) is 8.20. The molecule has 32 heavy (non-hydrogen) atoms. The van der Waals surface area contributed by atoms with Crippen molar-refractivity contribution in [1.29, 1.82) is 0 Å². The Balaban J connectivity index is 1.79. The topological polar surface area (TPSA) is 72.7 Å². The number of nitrogens with zero attached hydrogens (tertiary/aromatic N) is 4. The van der Waals surface area contributed by atoms with Crippen LogP contribution in [0.1, 0.15) is 42.4 Å². The molecule has 6 nitrogen and oxygen atoms in total. The zero-order chi connectivity index (χ0) is 23.5. The first-order valence-corrected chi connectivity index (χ1v) is 9.92. The van der Waals surface area contributed by atoms with Crippen LogP contribution in [-0.4, -0.2) is 32.7 Å². The van der Waals surface area contributed by atoms with Gasteiger partial charge in [-0.25, -0.2) is 9.07 Å². The van der Waals surface area contributed by atoms with Crippen molar-refractivity contribution in [2.75, 3.05) is 6.54 Å². The number of aromatic nitrogens is 4. The van der Waals surface area contributed by atoms with Gasteiger partial charge in [0.2, 0.25) is 5.91 Å². The monoisotopic (exact) mass is 449 g/mol. The predicted molar refractivity (Wildman–Crippen MR) is 109 cm³/mol. The van der Waals surface area contributed by atoms with E-state index in [9.17, 15) is 22.4 Å². The Morgan fingerprint density at radius 3 is 2.41 bits per heavy atom. The lowest BCUT2D eigenvalue weighted by Gasteiger charge is -2.28. The van der Waals surface area contributed by atoms with Gasteiger partial charge >= 0.3 is 6.18 Å². The maximum absolute atomic E-state index is 13.6. The van der Waals surface area contributed by atoms with Crippen LogP contribution in [0.5, 0.6) is 0 Å². The third-order valence-corrected chi connectivity index (χ3v) is 5.25. The molecule has 0 saturated carbocycles. The molecule has 0 aliphatic heterocycles. The summed E-state index contributed by atoms with van der Waals surface area (Å²) < 4.78 is 54.2. The lowest BCUT2D eigenvalue weighted by Crippen LogP contribution is -2.41. The Morgan fingerprint density at radius 2 is 1.78 bits per heavy atom. The quantitative estimate of drug-likeness (QED) is 0.553. The minimum absolute atomic E-state index is 0.0773. The van der Waals surface area contributed by atoms with Gasteiger partial charge in [-0.15, -0.1) is 5.10 Å². The Hall–Kier alpha value is -3.30. The summed E-state index contributed by atoms with van der Waals surface area (Å²) >= 11 is 0. The zero-order valence-corrected chi connectivity index (χ0v) is 17.8. The van der Waals surface area contributed by atoms with E-state index in [4.69, 9.17) is 0 Å². The number of hydrogen-bond donors (Lipinski definition) is 1. The van der Waals surface area contributed by atoms with Gasteiger partial charge < -0.3 is 5.32 Å². The van der Waals surface area contributed by atoms with Gasteiger partial charge in [-0.05, 0) is 46.7 Å². The first-order valence-electron chi connectivity index (χ1n) is 9.92. The molecule has 1 atom stereocenters. The molecule has 0 saturated heterocycles. The molecule has 0 radical (unpaired) electrons. The Morgan fingerprint density at radius 1 is 1.09 bits per heavy atom. The molecular weight excluding hydrogens is 426 g/mol. The van der Waals surface area contributed by atoms with E-state index < -0.39 is 34.9 Å². The standard InChI is InChI=1S/C22H23F4N5O/c1-14-28-29-30-31(14)19(11-15-6-4-9-18(23)10-15)20(32)27-13-21(2,3)16-7-5-8-17(12-16)22(24,25)26/h4-10,12,19H,11,13H2,1-3H3,(H,27,32). The van der Waals surface area contributed by atoms with Gasteiger partial charge in [0.05, 0.1) is 5.56 Å². The predicted octanol–water partition coefficient (Wildman–Crippen LogP) is 4.02. The third-order valence-electron chi connectivity index (χ3n) is 5.25. The molecule has 0 spiro atoms. The summed E-state index contributed by atoms with van der Waals surface area (Å²) in [6.07, 6.45) is -4.32. The number of amides is 1. The van der Waals surface area contributed by atoms with Crippen molar-refractivity contribution in [3.63, 3.8) is 0 Å². The van der Waals surface area contributed by atoms with Crippen molar-refractivity contribution < 1.29 is 22.4 Å². The van der Waals surface area contributed by atoms with Crippen molar-refractivity contribution in [3.8, 4) is 0 Å². The summed E-state index contributed by atoms with van der Waals surface area (Å²) in [5.41, 5.74) is -0.511. The normalized spacial score (nSPS) is 13.1. The number of aryl methyl sites for hydroxylation is 1. The fourth-order valence-electron chi connectivity index (χ4n) is 3.35. The van der Waals surface area contributed by atoms with Crippen LogP contribution in [0, 0.1) is 12.7 Å². The molecule has 0 aliphatic rings. The number of benzene rings is 2. The summed E-state index contributed by atoms with van der Waals surface area (Å²) in [4.78, 5) is 13.1. The van der Waals surface area contributed by atoms with E-state index in [0.717, 1.165) is 12.1 Å². The number of nitrogens with one attached hydrogen (secondary N) is 1. The highest BCUT2D eigenvalue weighted by atomic mass is 19.4. The zero-order valence-electron chi connectivity index (χ0n) is 17.8. The number of alkyl halides is 3. The van der Waals surface area contributed by atoms with Crippen molar-refractivity contribution in [2.24, 2.45) is 0 Å². The Labute approximate surface area is 182 Å². The highest BCUT2D eigenvalue weighted by Gasteiger charge is 2.33. The van der Waals surface area contributed by atoms with E-state index in [-0.39, 0.29) is 13.0 Å². The van der Waals surface area contributed by atoms with E-state index in [0.29, 0.717) is 17.0 Å². The number of rotatable bonds is 7. The van der Waals surface area contributed by atoms with Crippen molar-refractivity contribution in [1.82, 2.24) is 25.5 Å². The van der Waals surface area contributed by atoms with Crippen LogP contribution in [0.2, 0.25) is 0 Å². The molecule has 1 heterocycles. The summed E-state index contributed by atoms with van der Waals surface area (Å²) in [6.45, 7) is 5.20. The molecule has 0 fully saturated rings. The van der Waals surface area contributed by atoms with E-state index >= 15 is 0 Å². The highest BCUT2D eigenvalue weighted by molar-refractivity contribution is 5.80. The van der Waals surface area contributed by atoms with Crippen LogP contribution < -0.4 is 5.32 Å². The van der Waals surface area contributed by atoms with Gasteiger partial charge in [-0.2, -0.15) is 13.2 Å². The molecular formula is C22H23F4N5O. The van der Waals surface area contributed by atoms with Gasteiger partial charge in [-0.1, -0.05) is 44.2 Å². The van der Waals surface area contributed by atoms with Crippen LogP contribution in [-0.2, 0) is 22.8 Å². The lowest BCUT2D eigenvalue weighted by molar-refractivity contribution is -0.137. The van der Waals surface area contributed by atoms with E-state index in [2.05, 4.69) is 20.8 Å². The molecule has 1 aromatic heterocycles. The van der Waals surface area contributed by atoms with Gasteiger partial charge in [0.1, 0.15) is 17.7 Å². The van der Waals surface area contributed by atoms with Crippen LogP contribution in [0.25, 0.3) is 0 Å². The smallest absolute Gasteiger partial charge is 0.353 e. The van der Waals surface area contributed by atoms with Gasteiger partial charge in [-0.3, -0.25) is 4.79 Å². The molecule has 10 heteroatoms. The fraction of sp³-hybridized carbons (Fsp3) is 0.364. The second-order valence-electron chi connectivity index (χ2n) is 8.20. The Kier molecular flexibility index (Phi) is 6.61. The molecule has 3 rings (SSSR count). The van der Waals surface area contributed by atoms with E-state index in [1.165, 1.54) is 22.9 Å². The summed E-state index contributed by atoms with van der Waals surface area (Å²) in [5.74, 6) is -0.454. The minimum atomic E-state index is -4.46. The summed E-state index contributed by atoms with van der Waals surface area (Å²) in [7, 11) is 0. The van der Waals surface area contributed by atoms with E-state index in [1.54, 1.807) is 39.0 Å². The molecule has 170 valence electrons. The van der Waals surface area contributed by atoms with Crippen LogP contribution in [0.4, 0.5) is 17.6 Å². The molecule has 1 unspecified atom stereocenters. The number of tetrazole rings is 1. The van der Waals surface area contributed by atoms with Crippen LogP contribution >= 0.6 is 0 Å². The number of carbonyl (C=O) groups is 1. The average molecular weight is 449 g/mol.